The van der Waals surface area contributed by atoms with Gasteiger partial charge >= 0.3 is 5.76 Å². The van der Waals surface area contributed by atoms with E-state index in [-0.39, 0.29) is 24.8 Å². The molecule has 1 amide bonds. The molecule has 0 spiro atoms. The average molecular weight is 310 g/mol. The third kappa shape index (κ3) is 2.75. The Balaban J connectivity index is 1.78. The molecule has 1 aromatic carbocycles. The summed E-state index contributed by atoms with van der Waals surface area (Å²) in [5.41, 5.74) is 1.21. The molecule has 2 aromatic rings. The summed E-state index contributed by atoms with van der Waals surface area (Å²) < 4.78 is 31.3. The van der Waals surface area contributed by atoms with Crippen LogP contribution < -0.4 is 5.76 Å². The Kier molecular flexibility index (Phi) is 3.50. The maximum atomic E-state index is 13.2. The SMILES string of the molecule is CN(C(=O)c1ccc2oc(=O)[nH]c2c1)C1CCC(F)(F)CC1. The van der Waals surface area contributed by atoms with Crippen molar-refractivity contribution in [3.05, 3.63) is 34.3 Å². The van der Waals surface area contributed by atoms with Gasteiger partial charge in [0, 0.05) is 31.5 Å². The summed E-state index contributed by atoms with van der Waals surface area (Å²) in [6.45, 7) is 0. The number of oxazole rings is 1. The molecular weight excluding hydrogens is 294 g/mol. The lowest BCUT2D eigenvalue weighted by Gasteiger charge is -2.34. The molecule has 1 aliphatic carbocycles. The molecule has 1 saturated carbocycles. The lowest BCUT2D eigenvalue weighted by molar-refractivity contribution is -0.0490. The number of aromatic nitrogens is 1. The van der Waals surface area contributed by atoms with Crippen molar-refractivity contribution in [1.29, 1.82) is 0 Å². The molecule has 1 aromatic heterocycles. The summed E-state index contributed by atoms with van der Waals surface area (Å²) in [5, 5.41) is 0. The van der Waals surface area contributed by atoms with Crippen LogP contribution in [0.2, 0.25) is 0 Å². The first-order valence-corrected chi connectivity index (χ1v) is 7.14. The van der Waals surface area contributed by atoms with E-state index in [0.29, 0.717) is 29.5 Å². The smallest absolute Gasteiger partial charge is 0.408 e. The van der Waals surface area contributed by atoms with Gasteiger partial charge in [0.15, 0.2) is 5.58 Å². The van der Waals surface area contributed by atoms with Gasteiger partial charge in [-0.3, -0.25) is 9.78 Å². The molecule has 0 bridgehead atoms. The quantitative estimate of drug-likeness (QED) is 0.927. The highest BCUT2D eigenvalue weighted by molar-refractivity contribution is 5.97. The van der Waals surface area contributed by atoms with E-state index in [1.807, 2.05) is 0 Å². The second-order valence-electron chi connectivity index (χ2n) is 5.73. The summed E-state index contributed by atoms with van der Waals surface area (Å²) in [6, 6.07) is 4.46. The molecule has 1 fully saturated rings. The van der Waals surface area contributed by atoms with Crippen LogP contribution in [0.5, 0.6) is 0 Å². The number of H-pyrrole nitrogens is 1. The Hall–Kier alpha value is -2.18. The van der Waals surface area contributed by atoms with Gasteiger partial charge in [-0.2, -0.15) is 0 Å². The summed E-state index contributed by atoms with van der Waals surface area (Å²) >= 11 is 0. The van der Waals surface area contributed by atoms with Crippen molar-refractivity contribution in [2.75, 3.05) is 7.05 Å². The van der Waals surface area contributed by atoms with Crippen molar-refractivity contribution >= 4 is 17.0 Å². The second kappa shape index (κ2) is 5.23. The number of halogens is 2. The zero-order valence-electron chi connectivity index (χ0n) is 12.1. The predicted octanol–water partition coefficient (Wildman–Crippen LogP) is 2.77. The summed E-state index contributed by atoms with van der Waals surface area (Å²) in [5.74, 6) is -3.45. The average Bonchev–Trinajstić information content (AvgIpc) is 2.84. The van der Waals surface area contributed by atoms with E-state index in [9.17, 15) is 18.4 Å². The zero-order chi connectivity index (χ0) is 15.9. The zero-order valence-corrected chi connectivity index (χ0v) is 12.1. The number of benzene rings is 1. The normalized spacial score (nSPS) is 18.5. The van der Waals surface area contributed by atoms with Gasteiger partial charge in [0.1, 0.15) is 0 Å². The van der Waals surface area contributed by atoms with Crippen molar-refractivity contribution in [3.8, 4) is 0 Å². The van der Waals surface area contributed by atoms with Gasteiger partial charge in [-0.05, 0) is 31.0 Å². The minimum atomic E-state index is -2.62. The van der Waals surface area contributed by atoms with Crippen LogP contribution in [-0.4, -0.2) is 34.8 Å². The summed E-state index contributed by atoms with van der Waals surface area (Å²) in [4.78, 5) is 27.6. The van der Waals surface area contributed by atoms with Gasteiger partial charge in [-0.15, -0.1) is 0 Å². The maximum absolute atomic E-state index is 13.2. The fraction of sp³-hybridized carbons (Fsp3) is 0.467. The Bertz CT molecular complexity index is 755. The van der Waals surface area contributed by atoms with E-state index in [1.165, 1.54) is 11.0 Å². The van der Waals surface area contributed by atoms with Crippen LogP contribution in [0.4, 0.5) is 8.78 Å². The molecule has 0 unspecified atom stereocenters. The molecule has 1 N–H and O–H groups in total. The molecule has 22 heavy (non-hydrogen) atoms. The lowest BCUT2D eigenvalue weighted by Crippen LogP contribution is -2.41. The molecule has 3 rings (SSSR count). The van der Waals surface area contributed by atoms with Gasteiger partial charge < -0.3 is 9.32 Å². The van der Waals surface area contributed by atoms with Crippen LogP contribution in [0, 0.1) is 0 Å². The predicted molar refractivity (Wildman–Crippen MR) is 76.1 cm³/mol. The molecule has 0 atom stereocenters. The van der Waals surface area contributed by atoms with Crippen molar-refractivity contribution in [3.63, 3.8) is 0 Å². The summed E-state index contributed by atoms with van der Waals surface area (Å²) in [6.07, 6.45) is 0.201. The van der Waals surface area contributed by atoms with Gasteiger partial charge in [-0.1, -0.05) is 0 Å². The molecule has 0 aliphatic heterocycles. The van der Waals surface area contributed by atoms with Crippen LogP contribution in [-0.2, 0) is 0 Å². The van der Waals surface area contributed by atoms with Crippen LogP contribution in [0.1, 0.15) is 36.0 Å². The minimum absolute atomic E-state index is 0.189. The Morgan fingerprint density at radius 3 is 2.73 bits per heavy atom. The first-order valence-electron chi connectivity index (χ1n) is 7.14. The highest BCUT2D eigenvalue weighted by Crippen LogP contribution is 2.35. The van der Waals surface area contributed by atoms with Crippen molar-refractivity contribution in [1.82, 2.24) is 9.88 Å². The van der Waals surface area contributed by atoms with Gasteiger partial charge in [0.25, 0.3) is 5.91 Å². The monoisotopic (exact) mass is 310 g/mol. The number of hydrogen-bond donors (Lipinski definition) is 1. The fourth-order valence-corrected chi connectivity index (χ4v) is 2.87. The highest BCUT2D eigenvalue weighted by Gasteiger charge is 2.37. The van der Waals surface area contributed by atoms with E-state index in [2.05, 4.69) is 4.98 Å². The third-order valence-electron chi connectivity index (χ3n) is 4.22. The second-order valence-corrected chi connectivity index (χ2v) is 5.73. The number of carbonyl (C=O) groups excluding carboxylic acids is 1. The van der Waals surface area contributed by atoms with Crippen LogP contribution in [0.25, 0.3) is 11.1 Å². The van der Waals surface area contributed by atoms with Crippen molar-refractivity contribution < 1.29 is 18.0 Å². The van der Waals surface area contributed by atoms with Gasteiger partial charge in [0.2, 0.25) is 5.92 Å². The number of amides is 1. The minimum Gasteiger partial charge on any atom is -0.408 e. The Labute approximate surface area is 124 Å². The topological polar surface area (TPSA) is 66.3 Å². The first kappa shape index (κ1) is 14.7. The number of fused-ring (bicyclic) bond motifs is 1. The molecule has 1 heterocycles. The molecule has 5 nitrogen and oxygen atoms in total. The van der Waals surface area contributed by atoms with E-state index >= 15 is 0 Å². The molecule has 118 valence electrons. The van der Waals surface area contributed by atoms with Gasteiger partial charge in [0.05, 0.1) is 5.52 Å². The van der Waals surface area contributed by atoms with Crippen LogP contribution in [0.15, 0.2) is 27.4 Å². The molecule has 1 aliphatic rings. The number of alkyl halides is 2. The fourth-order valence-electron chi connectivity index (χ4n) is 2.87. The van der Waals surface area contributed by atoms with Gasteiger partial charge in [-0.25, -0.2) is 13.6 Å². The number of nitrogens with zero attached hydrogens (tertiary/aromatic N) is 1. The number of aromatic amines is 1. The van der Waals surface area contributed by atoms with Crippen molar-refractivity contribution in [2.45, 2.75) is 37.6 Å². The standard InChI is InChI=1S/C15H16F2N2O3/c1-19(10-4-6-15(16,17)7-5-10)13(20)9-2-3-12-11(8-9)18-14(21)22-12/h2-3,8,10H,4-7H2,1H3,(H,18,21). The summed E-state index contributed by atoms with van der Waals surface area (Å²) in [7, 11) is 1.62. The molecular formula is C15H16F2N2O3. The first-order chi connectivity index (χ1) is 10.4. The number of rotatable bonds is 2. The Morgan fingerprint density at radius 2 is 2.05 bits per heavy atom. The molecule has 0 saturated heterocycles. The molecule has 7 heteroatoms. The Morgan fingerprint density at radius 1 is 1.36 bits per heavy atom. The van der Waals surface area contributed by atoms with Crippen LogP contribution >= 0.6 is 0 Å². The highest BCUT2D eigenvalue weighted by atomic mass is 19.3. The lowest BCUT2D eigenvalue weighted by atomic mass is 9.91. The number of hydrogen-bond acceptors (Lipinski definition) is 3. The largest absolute Gasteiger partial charge is 0.417 e. The third-order valence-corrected chi connectivity index (χ3v) is 4.22. The van der Waals surface area contributed by atoms with Crippen LogP contribution in [0.3, 0.4) is 0 Å². The van der Waals surface area contributed by atoms with Crippen molar-refractivity contribution in [2.24, 2.45) is 0 Å². The van der Waals surface area contributed by atoms with E-state index in [1.54, 1.807) is 19.2 Å². The van der Waals surface area contributed by atoms with E-state index in [4.69, 9.17) is 4.42 Å². The number of carbonyl (C=O) groups is 1. The van der Waals surface area contributed by atoms with E-state index in [0.717, 1.165) is 0 Å². The maximum Gasteiger partial charge on any atom is 0.417 e. The number of nitrogens with one attached hydrogen (secondary N) is 1. The molecule has 0 radical (unpaired) electrons. The van der Waals surface area contributed by atoms with E-state index < -0.39 is 11.7 Å².